The summed E-state index contributed by atoms with van der Waals surface area (Å²) in [6.45, 7) is 2.13. The first-order chi connectivity index (χ1) is 6.18. The maximum absolute atomic E-state index is 10.3. The van der Waals surface area contributed by atoms with Gasteiger partial charge in [-0.1, -0.05) is 11.6 Å². The quantitative estimate of drug-likeness (QED) is 0.671. The Morgan fingerprint density at radius 2 is 2.46 bits per heavy atom. The molecular formula is C10H17NO2. The van der Waals surface area contributed by atoms with Gasteiger partial charge in [-0.05, 0) is 26.3 Å². The number of carboxylic acids is 1. The van der Waals surface area contributed by atoms with Gasteiger partial charge in [0, 0.05) is 19.5 Å². The summed E-state index contributed by atoms with van der Waals surface area (Å²) in [6.07, 6.45) is 5.37. The molecule has 1 N–H and O–H groups in total. The van der Waals surface area contributed by atoms with Crippen LogP contribution in [0.4, 0.5) is 0 Å². The minimum Gasteiger partial charge on any atom is -0.481 e. The molecule has 3 heteroatoms. The van der Waals surface area contributed by atoms with Crippen LogP contribution in [0.25, 0.3) is 0 Å². The van der Waals surface area contributed by atoms with E-state index in [0.29, 0.717) is 6.42 Å². The van der Waals surface area contributed by atoms with Crippen molar-refractivity contribution in [2.45, 2.75) is 25.7 Å². The van der Waals surface area contributed by atoms with Gasteiger partial charge in [-0.15, -0.1) is 0 Å². The van der Waals surface area contributed by atoms with Crippen LogP contribution in [0.3, 0.4) is 0 Å². The maximum atomic E-state index is 10.3. The number of rotatable bonds is 4. The van der Waals surface area contributed by atoms with Gasteiger partial charge in [0.2, 0.25) is 0 Å². The van der Waals surface area contributed by atoms with Gasteiger partial charge in [-0.3, -0.25) is 4.79 Å². The first-order valence-corrected chi connectivity index (χ1v) is 4.76. The molecule has 0 fully saturated rings. The molecule has 1 heterocycles. The van der Waals surface area contributed by atoms with Crippen molar-refractivity contribution < 1.29 is 9.90 Å². The Kier molecular flexibility index (Phi) is 3.96. The van der Waals surface area contributed by atoms with Crippen LogP contribution in [0, 0.1) is 0 Å². The summed E-state index contributed by atoms with van der Waals surface area (Å²) in [5, 5.41) is 8.46. The first kappa shape index (κ1) is 10.3. The Morgan fingerprint density at radius 3 is 3.00 bits per heavy atom. The van der Waals surface area contributed by atoms with E-state index in [-0.39, 0.29) is 0 Å². The lowest BCUT2D eigenvalue weighted by Crippen LogP contribution is -2.24. The Balaban J connectivity index is 2.18. The molecule has 3 nitrogen and oxygen atoms in total. The summed E-state index contributed by atoms with van der Waals surface area (Å²) >= 11 is 0. The van der Waals surface area contributed by atoms with Crippen LogP contribution in [0.1, 0.15) is 25.7 Å². The Labute approximate surface area is 79.0 Å². The predicted octanol–water partition coefficient (Wildman–Crippen LogP) is 1.50. The molecule has 1 rings (SSSR count). The summed E-state index contributed by atoms with van der Waals surface area (Å²) in [7, 11) is 2.10. The lowest BCUT2D eigenvalue weighted by atomic mass is 10.0. The Bertz CT molecular complexity index is 211. The van der Waals surface area contributed by atoms with Crippen molar-refractivity contribution in [2.24, 2.45) is 0 Å². The fourth-order valence-corrected chi connectivity index (χ4v) is 1.51. The van der Waals surface area contributed by atoms with Gasteiger partial charge >= 0.3 is 5.97 Å². The highest BCUT2D eigenvalue weighted by atomic mass is 16.4. The Morgan fingerprint density at radius 1 is 1.69 bits per heavy atom. The van der Waals surface area contributed by atoms with Crippen LogP contribution < -0.4 is 0 Å². The summed E-state index contributed by atoms with van der Waals surface area (Å²) in [4.78, 5) is 12.5. The molecule has 0 spiro atoms. The third-order valence-electron chi connectivity index (χ3n) is 2.39. The molecule has 1 aliphatic rings. The highest BCUT2D eigenvalue weighted by Gasteiger charge is 2.07. The van der Waals surface area contributed by atoms with Crippen LogP contribution in [0.2, 0.25) is 0 Å². The van der Waals surface area contributed by atoms with E-state index in [1.165, 1.54) is 5.57 Å². The number of nitrogens with zero attached hydrogens (tertiary/aromatic N) is 1. The van der Waals surface area contributed by atoms with Gasteiger partial charge in [0.1, 0.15) is 0 Å². The van der Waals surface area contributed by atoms with E-state index in [1.54, 1.807) is 0 Å². The van der Waals surface area contributed by atoms with Crippen LogP contribution >= 0.6 is 0 Å². The zero-order chi connectivity index (χ0) is 9.68. The van der Waals surface area contributed by atoms with Crippen molar-refractivity contribution in [1.82, 2.24) is 4.90 Å². The molecular weight excluding hydrogens is 166 g/mol. The van der Waals surface area contributed by atoms with Crippen LogP contribution in [0.15, 0.2) is 11.6 Å². The molecule has 0 amide bonds. The fourth-order valence-electron chi connectivity index (χ4n) is 1.51. The second-order valence-corrected chi connectivity index (χ2v) is 3.62. The van der Waals surface area contributed by atoms with E-state index in [4.69, 9.17) is 5.11 Å². The Hall–Kier alpha value is -0.830. The fraction of sp³-hybridized carbons (Fsp3) is 0.700. The van der Waals surface area contributed by atoms with Gasteiger partial charge in [0.15, 0.2) is 0 Å². The van der Waals surface area contributed by atoms with Gasteiger partial charge in [-0.2, -0.15) is 0 Å². The van der Waals surface area contributed by atoms with E-state index in [1.807, 2.05) is 0 Å². The highest BCUT2D eigenvalue weighted by Crippen LogP contribution is 2.15. The minimum absolute atomic E-state index is 0.299. The van der Waals surface area contributed by atoms with Crippen molar-refractivity contribution in [1.29, 1.82) is 0 Å². The summed E-state index contributed by atoms with van der Waals surface area (Å²) in [5.74, 6) is -0.687. The van der Waals surface area contributed by atoms with Crippen molar-refractivity contribution in [3.63, 3.8) is 0 Å². The topological polar surface area (TPSA) is 40.5 Å². The van der Waals surface area contributed by atoms with Gasteiger partial charge in [0.25, 0.3) is 0 Å². The number of aliphatic carboxylic acids is 1. The summed E-state index contributed by atoms with van der Waals surface area (Å²) in [6, 6.07) is 0. The van der Waals surface area contributed by atoms with E-state index >= 15 is 0 Å². The molecule has 0 radical (unpaired) electrons. The molecule has 0 saturated heterocycles. The van der Waals surface area contributed by atoms with Crippen molar-refractivity contribution in [2.75, 3.05) is 20.1 Å². The van der Waals surface area contributed by atoms with E-state index in [2.05, 4.69) is 18.0 Å². The standard InChI is InChI=1S/C10H17NO2/c1-11-7-5-9(6-8-11)3-2-4-10(12)13/h5H,2-4,6-8H2,1H3,(H,12,13). The van der Waals surface area contributed by atoms with Gasteiger partial charge < -0.3 is 10.0 Å². The molecule has 0 unspecified atom stereocenters. The number of carboxylic acid groups (broad SMARTS) is 1. The number of carbonyl (C=O) groups is 1. The van der Waals surface area contributed by atoms with Crippen molar-refractivity contribution in [3.8, 4) is 0 Å². The normalized spacial score (nSPS) is 18.4. The maximum Gasteiger partial charge on any atom is 0.303 e. The summed E-state index contributed by atoms with van der Waals surface area (Å²) in [5.41, 5.74) is 1.43. The first-order valence-electron chi connectivity index (χ1n) is 4.76. The average Bonchev–Trinajstić information content (AvgIpc) is 2.08. The second-order valence-electron chi connectivity index (χ2n) is 3.62. The van der Waals surface area contributed by atoms with Crippen LogP contribution in [-0.4, -0.2) is 36.1 Å². The van der Waals surface area contributed by atoms with E-state index in [0.717, 1.165) is 32.4 Å². The lowest BCUT2D eigenvalue weighted by Gasteiger charge is -2.21. The molecule has 0 aromatic carbocycles. The molecule has 0 atom stereocenters. The van der Waals surface area contributed by atoms with Gasteiger partial charge in [0.05, 0.1) is 0 Å². The second kappa shape index (κ2) is 5.02. The highest BCUT2D eigenvalue weighted by molar-refractivity contribution is 5.66. The molecule has 13 heavy (non-hydrogen) atoms. The molecule has 0 bridgehead atoms. The molecule has 0 aromatic rings. The third kappa shape index (κ3) is 4.08. The van der Waals surface area contributed by atoms with Crippen molar-refractivity contribution in [3.05, 3.63) is 11.6 Å². The largest absolute Gasteiger partial charge is 0.481 e. The predicted molar refractivity (Wildman–Crippen MR) is 51.7 cm³/mol. The van der Waals surface area contributed by atoms with Gasteiger partial charge in [-0.25, -0.2) is 0 Å². The van der Waals surface area contributed by atoms with Crippen molar-refractivity contribution >= 4 is 5.97 Å². The number of hydrogen-bond donors (Lipinski definition) is 1. The van der Waals surface area contributed by atoms with Crippen LogP contribution in [0.5, 0.6) is 0 Å². The zero-order valence-corrected chi connectivity index (χ0v) is 8.12. The van der Waals surface area contributed by atoms with Crippen LogP contribution in [-0.2, 0) is 4.79 Å². The molecule has 0 aliphatic carbocycles. The zero-order valence-electron chi connectivity index (χ0n) is 8.12. The lowest BCUT2D eigenvalue weighted by molar-refractivity contribution is -0.137. The average molecular weight is 183 g/mol. The smallest absolute Gasteiger partial charge is 0.303 e. The molecule has 0 saturated carbocycles. The molecule has 74 valence electrons. The monoisotopic (exact) mass is 183 g/mol. The van der Waals surface area contributed by atoms with E-state index < -0.39 is 5.97 Å². The molecule has 0 aromatic heterocycles. The summed E-state index contributed by atoms with van der Waals surface area (Å²) < 4.78 is 0. The number of likely N-dealkylation sites (N-methyl/N-ethyl adjacent to an activating group) is 1. The molecule has 1 aliphatic heterocycles. The number of hydrogen-bond acceptors (Lipinski definition) is 2. The SMILES string of the molecule is CN1CC=C(CCCC(=O)O)CC1. The van der Waals surface area contributed by atoms with E-state index in [9.17, 15) is 4.79 Å². The third-order valence-corrected chi connectivity index (χ3v) is 2.39. The minimum atomic E-state index is -0.687.